The molecular formula is C17H22N2O2. The van der Waals surface area contributed by atoms with E-state index in [2.05, 4.69) is 11.8 Å². The maximum Gasteiger partial charge on any atom is 0.253 e. The van der Waals surface area contributed by atoms with Gasteiger partial charge in [0.25, 0.3) is 5.91 Å². The number of likely N-dealkylation sites (tertiary alicyclic amines) is 1. The highest BCUT2D eigenvalue weighted by Crippen LogP contribution is 2.21. The number of nitrogens with zero attached hydrogens (tertiary/aromatic N) is 1. The van der Waals surface area contributed by atoms with Crippen molar-refractivity contribution >= 4 is 5.91 Å². The molecule has 0 bridgehead atoms. The average Bonchev–Trinajstić information content (AvgIpc) is 2.53. The zero-order valence-corrected chi connectivity index (χ0v) is 12.2. The quantitative estimate of drug-likeness (QED) is 0.821. The van der Waals surface area contributed by atoms with E-state index in [1.54, 1.807) is 0 Å². The van der Waals surface area contributed by atoms with Crippen LogP contribution in [0.1, 0.15) is 35.2 Å². The van der Waals surface area contributed by atoms with Gasteiger partial charge in [0.2, 0.25) is 0 Å². The lowest BCUT2D eigenvalue weighted by Gasteiger charge is -2.32. The van der Waals surface area contributed by atoms with E-state index in [-0.39, 0.29) is 12.5 Å². The van der Waals surface area contributed by atoms with Gasteiger partial charge in [-0.1, -0.05) is 17.9 Å². The molecule has 1 saturated heterocycles. The fraction of sp³-hybridized carbons (Fsp3) is 0.471. The molecule has 2 rings (SSSR count). The highest BCUT2D eigenvalue weighted by molar-refractivity contribution is 5.94. The summed E-state index contributed by atoms with van der Waals surface area (Å²) in [7, 11) is 0. The smallest absolute Gasteiger partial charge is 0.253 e. The number of carbonyl (C=O) groups is 1. The van der Waals surface area contributed by atoms with Gasteiger partial charge >= 0.3 is 0 Å². The fourth-order valence-electron chi connectivity index (χ4n) is 2.73. The largest absolute Gasteiger partial charge is 0.396 e. The molecule has 1 heterocycles. The summed E-state index contributed by atoms with van der Waals surface area (Å²) >= 11 is 0. The zero-order valence-electron chi connectivity index (χ0n) is 12.2. The fourth-order valence-corrected chi connectivity index (χ4v) is 2.73. The Hall–Kier alpha value is -1.83. The lowest BCUT2D eigenvalue weighted by Crippen LogP contribution is -2.40. The van der Waals surface area contributed by atoms with Crippen molar-refractivity contribution in [2.45, 2.75) is 19.3 Å². The first kappa shape index (κ1) is 15.6. The Balaban J connectivity index is 2.08. The van der Waals surface area contributed by atoms with Crippen molar-refractivity contribution in [2.75, 3.05) is 26.2 Å². The van der Waals surface area contributed by atoms with Gasteiger partial charge in [-0.05, 0) is 43.4 Å². The summed E-state index contributed by atoms with van der Waals surface area (Å²) < 4.78 is 0. The Labute approximate surface area is 125 Å². The van der Waals surface area contributed by atoms with E-state index in [1.807, 2.05) is 29.2 Å². The molecule has 0 aliphatic carbocycles. The molecule has 1 aliphatic rings. The third-order valence-electron chi connectivity index (χ3n) is 3.79. The van der Waals surface area contributed by atoms with Crippen LogP contribution in [0.2, 0.25) is 0 Å². The Morgan fingerprint density at radius 2 is 2.33 bits per heavy atom. The Bertz CT molecular complexity index is 543. The van der Waals surface area contributed by atoms with Crippen LogP contribution in [0.25, 0.3) is 0 Å². The summed E-state index contributed by atoms with van der Waals surface area (Å²) in [5.41, 5.74) is 6.85. The van der Waals surface area contributed by atoms with Crippen molar-refractivity contribution in [3.05, 3.63) is 35.4 Å². The van der Waals surface area contributed by atoms with Crippen molar-refractivity contribution in [2.24, 2.45) is 11.7 Å². The average molecular weight is 286 g/mol. The molecule has 1 fully saturated rings. The first-order valence-corrected chi connectivity index (χ1v) is 7.43. The maximum atomic E-state index is 12.6. The predicted octanol–water partition coefficient (Wildman–Crippen LogP) is 1.23. The Morgan fingerprint density at radius 3 is 3.10 bits per heavy atom. The van der Waals surface area contributed by atoms with Crippen LogP contribution in [0.3, 0.4) is 0 Å². The molecule has 1 aromatic carbocycles. The molecule has 0 aromatic heterocycles. The number of nitrogens with two attached hydrogens (primary N) is 1. The molecule has 1 aromatic rings. The van der Waals surface area contributed by atoms with Crippen LogP contribution in [0.4, 0.5) is 0 Å². The topological polar surface area (TPSA) is 66.6 Å². The Kier molecular flexibility index (Phi) is 5.79. The van der Waals surface area contributed by atoms with E-state index >= 15 is 0 Å². The SMILES string of the molecule is NCC#Cc1cccc(C(=O)N2CCCC(CCO)C2)c1. The summed E-state index contributed by atoms with van der Waals surface area (Å²) in [5, 5.41) is 9.05. The van der Waals surface area contributed by atoms with E-state index in [1.165, 1.54) is 0 Å². The zero-order chi connectivity index (χ0) is 15.1. The molecule has 0 spiro atoms. The van der Waals surface area contributed by atoms with E-state index in [4.69, 9.17) is 10.8 Å². The van der Waals surface area contributed by atoms with Crippen molar-refractivity contribution in [1.29, 1.82) is 0 Å². The van der Waals surface area contributed by atoms with E-state index < -0.39 is 0 Å². The van der Waals surface area contributed by atoms with Crippen molar-refractivity contribution in [1.82, 2.24) is 4.90 Å². The summed E-state index contributed by atoms with van der Waals surface area (Å²) in [4.78, 5) is 14.5. The summed E-state index contributed by atoms with van der Waals surface area (Å²) in [6.45, 7) is 2.03. The van der Waals surface area contributed by atoms with Crippen LogP contribution in [0, 0.1) is 17.8 Å². The lowest BCUT2D eigenvalue weighted by molar-refractivity contribution is 0.0653. The van der Waals surface area contributed by atoms with Gasteiger partial charge in [0.15, 0.2) is 0 Å². The van der Waals surface area contributed by atoms with Crippen LogP contribution in [0.15, 0.2) is 24.3 Å². The number of aliphatic hydroxyl groups excluding tert-OH is 1. The number of carbonyl (C=O) groups excluding carboxylic acids is 1. The Morgan fingerprint density at radius 1 is 1.48 bits per heavy atom. The molecule has 21 heavy (non-hydrogen) atoms. The first-order valence-electron chi connectivity index (χ1n) is 7.43. The van der Waals surface area contributed by atoms with Gasteiger partial charge in [-0.25, -0.2) is 0 Å². The van der Waals surface area contributed by atoms with Gasteiger partial charge < -0.3 is 15.7 Å². The van der Waals surface area contributed by atoms with Crippen LogP contribution in [-0.4, -0.2) is 42.2 Å². The molecule has 0 radical (unpaired) electrons. The summed E-state index contributed by atoms with van der Waals surface area (Å²) in [5.74, 6) is 6.21. The third-order valence-corrected chi connectivity index (χ3v) is 3.79. The standard InChI is InChI=1S/C17H22N2O2/c18-9-2-5-14-4-1-7-16(12-14)17(21)19-10-3-6-15(13-19)8-11-20/h1,4,7,12,15,20H,3,6,8-11,13,18H2. The van der Waals surface area contributed by atoms with Crippen LogP contribution >= 0.6 is 0 Å². The molecule has 1 unspecified atom stereocenters. The van der Waals surface area contributed by atoms with E-state index in [0.29, 0.717) is 18.0 Å². The second-order valence-corrected chi connectivity index (χ2v) is 5.36. The van der Waals surface area contributed by atoms with Crippen LogP contribution in [0.5, 0.6) is 0 Å². The molecule has 1 amide bonds. The van der Waals surface area contributed by atoms with Gasteiger partial charge in [0.05, 0.1) is 6.54 Å². The number of amides is 1. The van der Waals surface area contributed by atoms with Crippen LogP contribution in [-0.2, 0) is 0 Å². The predicted molar refractivity (Wildman–Crippen MR) is 82.7 cm³/mol. The normalized spacial score (nSPS) is 18.0. The van der Waals surface area contributed by atoms with Gasteiger partial charge in [-0.2, -0.15) is 0 Å². The van der Waals surface area contributed by atoms with Crippen molar-refractivity contribution in [3.8, 4) is 11.8 Å². The molecule has 4 heteroatoms. The molecule has 4 nitrogen and oxygen atoms in total. The minimum atomic E-state index is 0.0500. The number of aliphatic hydroxyl groups is 1. The van der Waals surface area contributed by atoms with Gasteiger partial charge in [0, 0.05) is 30.8 Å². The lowest BCUT2D eigenvalue weighted by atomic mass is 9.94. The van der Waals surface area contributed by atoms with Gasteiger partial charge in [0.1, 0.15) is 0 Å². The number of hydrogen-bond donors (Lipinski definition) is 2. The number of piperidine rings is 1. The van der Waals surface area contributed by atoms with E-state index in [9.17, 15) is 4.79 Å². The molecule has 112 valence electrons. The van der Waals surface area contributed by atoms with E-state index in [0.717, 1.165) is 37.9 Å². The molecular weight excluding hydrogens is 264 g/mol. The highest BCUT2D eigenvalue weighted by atomic mass is 16.3. The number of rotatable bonds is 3. The van der Waals surface area contributed by atoms with Gasteiger partial charge in [-0.3, -0.25) is 4.79 Å². The van der Waals surface area contributed by atoms with Gasteiger partial charge in [-0.15, -0.1) is 0 Å². The second kappa shape index (κ2) is 7.82. The second-order valence-electron chi connectivity index (χ2n) is 5.36. The molecule has 3 N–H and O–H groups in total. The monoisotopic (exact) mass is 286 g/mol. The van der Waals surface area contributed by atoms with Crippen molar-refractivity contribution in [3.63, 3.8) is 0 Å². The highest BCUT2D eigenvalue weighted by Gasteiger charge is 2.24. The molecule has 0 saturated carbocycles. The molecule has 1 atom stereocenters. The third kappa shape index (κ3) is 4.32. The molecule has 1 aliphatic heterocycles. The first-order chi connectivity index (χ1) is 10.2. The number of benzene rings is 1. The summed E-state index contributed by atoms with van der Waals surface area (Å²) in [6.07, 6.45) is 2.86. The minimum absolute atomic E-state index is 0.0500. The van der Waals surface area contributed by atoms with Crippen LogP contribution < -0.4 is 5.73 Å². The minimum Gasteiger partial charge on any atom is -0.396 e. The number of hydrogen-bond acceptors (Lipinski definition) is 3. The maximum absolute atomic E-state index is 12.6. The van der Waals surface area contributed by atoms with Crippen molar-refractivity contribution < 1.29 is 9.90 Å². The summed E-state index contributed by atoms with van der Waals surface area (Å²) in [6, 6.07) is 7.37.